The highest BCUT2D eigenvalue weighted by Gasteiger charge is 2.57. The average molecular weight is 422 g/mol. The monoisotopic (exact) mass is 422 g/mol. The summed E-state index contributed by atoms with van der Waals surface area (Å²) in [6.07, 6.45) is -3.88. The van der Waals surface area contributed by atoms with E-state index in [1.807, 2.05) is 12.1 Å². The van der Waals surface area contributed by atoms with Crippen LogP contribution in [0.1, 0.15) is 22.3 Å². The van der Waals surface area contributed by atoms with Crippen LogP contribution in [-0.4, -0.2) is 57.7 Å². The molecule has 1 spiro atoms. The first-order valence-electron chi connectivity index (χ1n) is 9.31. The number of halogens is 1. The fraction of sp³-hybridized carbons (Fsp3) is 0.429. The van der Waals surface area contributed by atoms with Gasteiger partial charge in [0.1, 0.15) is 23.8 Å². The number of ether oxygens (including phenoxy) is 2. The van der Waals surface area contributed by atoms with E-state index < -0.39 is 35.1 Å². The van der Waals surface area contributed by atoms with Crippen molar-refractivity contribution in [2.75, 3.05) is 13.7 Å². The maximum atomic E-state index is 14.7. The SMILES string of the molecule is COc1ccc(Cc2cc3c(cc2F)CO[C@]32S[C@H](CO)[C@@H](O)[C@H](O)[C@H]2O)cc1. The minimum atomic E-state index is -1.49. The highest BCUT2D eigenvalue weighted by Crippen LogP contribution is 2.54. The molecule has 2 aliphatic rings. The molecule has 2 aliphatic heterocycles. The first-order valence-corrected chi connectivity index (χ1v) is 10.2. The Hall–Kier alpha value is -1.68. The molecule has 2 aromatic rings. The van der Waals surface area contributed by atoms with E-state index in [1.165, 1.54) is 6.07 Å². The topological polar surface area (TPSA) is 99.4 Å². The van der Waals surface area contributed by atoms with Crippen molar-refractivity contribution in [1.29, 1.82) is 0 Å². The van der Waals surface area contributed by atoms with Gasteiger partial charge in [0, 0.05) is 12.0 Å². The number of hydrogen-bond donors (Lipinski definition) is 4. The smallest absolute Gasteiger partial charge is 0.168 e. The van der Waals surface area contributed by atoms with E-state index in [4.69, 9.17) is 9.47 Å². The third-order valence-corrected chi connectivity index (χ3v) is 7.25. The highest BCUT2D eigenvalue weighted by atomic mass is 32.2. The van der Waals surface area contributed by atoms with Crippen LogP contribution in [0.3, 0.4) is 0 Å². The molecular formula is C21H23FO6S. The summed E-state index contributed by atoms with van der Waals surface area (Å²) < 4.78 is 25.7. The molecule has 0 aliphatic carbocycles. The minimum Gasteiger partial charge on any atom is -0.497 e. The fourth-order valence-corrected chi connectivity index (χ4v) is 5.50. The average Bonchev–Trinajstić information content (AvgIpc) is 3.08. The van der Waals surface area contributed by atoms with Gasteiger partial charge in [-0.05, 0) is 41.0 Å². The molecule has 1 fully saturated rings. The lowest BCUT2D eigenvalue weighted by atomic mass is 9.91. The number of aliphatic hydroxyl groups excluding tert-OH is 4. The van der Waals surface area contributed by atoms with Crippen molar-refractivity contribution in [1.82, 2.24) is 0 Å². The Kier molecular flexibility index (Phi) is 5.58. The van der Waals surface area contributed by atoms with E-state index in [2.05, 4.69) is 0 Å². The molecule has 8 heteroatoms. The van der Waals surface area contributed by atoms with Crippen LogP contribution in [0.25, 0.3) is 0 Å². The van der Waals surface area contributed by atoms with Crippen LogP contribution in [0.4, 0.5) is 4.39 Å². The van der Waals surface area contributed by atoms with Crippen molar-refractivity contribution in [3.8, 4) is 5.75 Å². The molecule has 0 aromatic heterocycles. The molecule has 2 aromatic carbocycles. The summed E-state index contributed by atoms with van der Waals surface area (Å²) in [6.45, 7) is -0.323. The van der Waals surface area contributed by atoms with E-state index in [-0.39, 0.29) is 12.4 Å². The van der Waals surface area contributed by atoms with Gasteiger partial charge >= 0.3 is 0 Å². The molecule has 5 atom stereocenters. The second kappa shape index (κ2) is 7.86. The largest absolute Gasteiger partial charge is 0.497 e. The molecular weight excluding hydrogens is 399 g/mol. The number of hydrogen-bond acceptors (Lipinski definition) is 7. The van der Waals surface area contributed by atoms with Crippen LogP contribution in [0, 0.1) is 5.82 Å². The summed E-state index contributed by atoms with van der Waals surface area (Å²) in [5.41, 5.74) is 2.45. The number of fused-ring (bicyclic) bond motifs is 2. The third kappa shape index (κ3) is 3.43. The third-order valence-electron chi connectivity index (χ3n) is 5.59. The van der Waals surface area contributed by atoms with Gasteiger partial charge in [-0.25, -0.2) is 4.39 Å². The minimum absolute atomic E-state index is 0.0695. The lowest BCUT2D eigenvalue weighted by Crippen LogP contribution is -2.58. The number of thioether (sulfide) groups is 1. The van der Waals surface area contributed by atoms with Crippen molar-refractivity contribution in [2.45, 2.75) is 41.5 Å². The van der Waals surface area contributed by atoms with Crippen LogP contribution >= 0.6 is 11.8 Å². The number of rotatable bonds is 4. The molecule has 0 bridgehead atoms. The molecule has 0 unspecified atom stereocenters. The lowest BCUT2D eigenvalue weighted by Gasteiger charge is -2.45. The summed E-state index contributed by atoms with van der Waals surface area (Å²) in [5.74, 6) is 0.328. The molecule has 0 radical (unpaired) electrons. The Balaban J connectivity index is 1.71. The normalized spacial score (nSPS) is 31.1. The van der Waals surface area contributed by atoms with Crippen molar-refractivity contribution < 1.29 is 34.3 Å². The van der Waals surface area contributed by atoms with Gasteiger partial charge in [-0.2, -0.15) is 0 Å². The maximum absolute atomic E-state index is 14.7. The van der Waals surface area contributed by atoms with Gasteiger partial charge in [-0.1, -0.05) is 12.1 Å². The molecule has 4 rings (SSSR count). The van der Waals surface area contributed by atoms with Crippen molar-refractivity contribution >= 4 is 11.8 Å². The zero-order chi connectivity index (χ0) is 20.8. The quantitative estimate of drug-likeness (QED) is 0.589. The molecule has 0 saturated carbocycles. The van der Waals surface area contributed by atoms with Gasteiger partial charge in [-0.15, -0.1) is 11.8 Å². The van der Waals surface area contributed by atoms with Gasteiger partial charge < -0.3 is 29.9 Å². The molecule has 6 nitrogen and oxygen atoms in total. The van der Waals surface area contributed by atoms with Crippen molar-refractivity contribution in [3.63, 3.8) is 0 Å². The van der Waals surface area contributed by atoms with Crippen LogP contribution in [0.5, 0.6) is 5.75 Å². The summed E-state index contributed by atoms with van der Waals surface area (Å²) in [6, 6.07) is 10.3. The first-order chi connectivity index (χ1) is 13.9. The van der Waals surface area contributed by atoms with Gasteiger partial charge in [0.25, 0.3) is 0 Å². The molecule has 2 heterocycles. The van der Waals surface area contributed by atoms with Crippen LogP contribution in [-0.2, 0) is 22.7 Å². The zero-order valence-electron chi connectivity index (χ0n) is 15.8. The number of benzene rings is 2. The standard InChI is InChI=1S/C21H23FO6S/c1-27-14-4-2-11(3-5-14)6-12-7-15-13(8-16(12)22)10-28-21(15)20(26)19(25)18(24)17(9-23)29-21/h2-5,7-8,17-20,23-26H,6,9-10H2,1H3/t17-,18-,19+,20-,21+/m1/s1. The second-order valence-electron chi connectivity index (χ2n) is 7.35. The molecule has 0 amide bonds. The maximum Gasteiger partial charge on any atom is 0.168 e. The van der Waals surface area contributed by atoms with Crippen LogP contribution in [0.15, 0.2) is 36.4 Å². The summed E-state index contributed by atoms with van der Waals surface area (Å²) in [4.78, 5) is -1.37. The number of methoxy groups -OCH3 is 1. The molecule has 156 valence electrons. The van der Waals surface area contributed by atoms with Gasteiger partial charge in [-0.3, -0.25) is 0 Å². The van der Waals surface area contributed by atoms with E-state index in [9.17, 15) is 24.8 Å². The van der Waals surface area contributed by atoms with E-state index in [1.54, 1.807) is 25.3 Å². The zero-order valence-corrected chi connectivity index (χ0v) is 16.6. The second-order valence-corrected chi connectivity index (χ2v) is 8.79. The van der Waals surface area contributed by atoms with Crippen molar-refractivity contribution in [3.05, 3.63) is 64.5 Å². The first kappa shape index (κ1) is 20.6. The molecule has 4 N–H and O–H groups in total. The Morgan fingerprint density at radius 1 is 1.17 bits per heavy atom. The predicted molar refractivity (Wildman–Crippen MR) is 105 cm³/mol. The number of aliphatic hydroxyl groups is 4. The van der Waals surface area contributed by atoms with Gasteiger partial charge in [0.15, 0.2) is 4.93 Å². The van der Waals surface area contributed by atoms with E-state index >= 15 is 0 Å². The highest BCUT2D eigenvalue weighted by molar-refractivity contribution is 8.00. The Morgan fingerprint density at radius 3 is 2.55 bits per heavy atom. The fourth-order valence-electron chi connectivity index (χ4n) is 3.95. The van der Waals surface area contributed by atoms with Gasteiger partial charge in [0.05, 0.1) is 31.7 Å². The van der Waals surface area contributed by atoms with E-state index in [0.717, 1.165) is 17.3 Å². The summed E-state index contributed by atoms with van der Waals surface area (Å²) >= 11 is 1.06. The summed E-state index contributed by atoms with van der Waals surface area (Å²) in [7, 11) is 1.58. The Labute approximate surface area is 171 Å². The molecule has 1 saturated heterocycles. The lowest BCUT2D eigenvalue weighted by molar-refractivity contribution is -0.147. The van der Waals surface area contributed by atoms with Crippen molar-refractivity contribution in [2.24, 2.45) is 0 Å². The Bertz CT molecular complexity index is 889. The predicted octanol–water partition coefficient (Wildman–Crippen LogP) is 1.30. The van der Waals surface area contributed by atoms with E-state index in [0.29, 0.717) is 28.9 Å². The van der Waals surface area contributed by atoms with Gasteiger partial charge in [0.2, 0.25) is 0 Å². The molecule has 29 heavy (non-hydrogen) atoms. The Morgan fingerprint density at radius 2 is 1.90 bits per heavy atom. The summed E-state index contributed by atoms with van der Waals surface area (Å²) in [5, 5.41) is 40.0. The van der Waals surface area contributed by atoms with Crippen LogP contribution < -0.4 is 4.74 Å². The van der Waals surface area contributed by atoms with Crippen LogP contribution in [0.2, 0.25) is 0 Å².